The summed E-state index contributed by atoms with van der Waals surface area (Å²) in [5.41, 5.74) is 3.59. The molecule has 0 saturated carbocycles. The zero-order valence-electron chi connectivity index (χ0n) is 13.3. The first-order chi connectivity index (χ1) is 11.8. The Hall–Kier alpha value is -2.39. The molecule has 0 heterocycles. The molecule has 0 bridgehead atoms. The summed E-state index contributed by atoms with van der Waals surface area (Å²) in [6, 6.07) is 29.0. The lowest BCUT2D eigenvalue weighted by molar-refractivity contribution is 0.272. The molecule has 0 aromatic heterocycles. The van der Waals surface area contributed by atoms with Gasteiger partial charge in [0.15, 0.2) is 0 Å². The van der Waals surface area contributed by atoms with E-state index in [1.807, 2.05) is 30.5 Å². The third-order valence-electron chi connectivity index (χ3n) is 3.66. The van der Waals surface area contributed by atoms with E-state index >= 15 is 0 Å². The molecule has 0 atom stereocenters. The summed E-state index contributed by atoms with van der Waals surface area (Å²) in [5, 5.41) is 6.80. The van der Waals surface area contributed by atoms with Crippen LogP contribution in [0.3, 0.4) is 0 Å². The minimum absolute atomic E-state index is 0.781. The molecule has 0 radical (unpaired) electrons. The number of hydrogen-bond donors (Lipinski definition) is 0. The Bertz CT molecular complexity index is 726. The van der Waals surface area contributed by atoms with E-state index in [1.54, 1.807) is 0 Å². The highest BCUT2D eigenvalue weighted by molar-refractivity contribution is 9.10. The third kappa shape index (κ3) is 5.07. The summed E-state index contributed by atoms with van der Waals surface area (Å²) in [6.45, 7) is 1.56. The van der Waals surface area contributed by atoms with Crippen LogP contribution in [0.15, 0.2) is 94.5 Å². The van der Waals surface area contributed by atoms with Crippen molar-refractivity contribution in [3.8, 4) is 0 Å². The van der Waals surface area contributed by atoms with Crippen LogP contribution in [-0.4, -0.2) is 11.2 Å². The molecule has 3 aromatic carbocycles. The van der Waals surface area contributed by atoms with Gasteiger partial charge in [-0.05, 0) is 28.8 Å². The average Bonchev–Trinajstić information content (AvgIpc) is 2.63. The highest BCUT2D eigenvalue weighted by atomic mass is 79.9. The molecular formula is C21H19BrN2. The number of halogens is 1. The van der Waals surface area contributed by atoms with Crippen molar-refractivity contribution in [1.29, 1.82) is 0 Å². The number of nitrogens with zero attached hydrogens (tertiary/aromatic N) is 2. The lowest BCUT2D eigenvalue weighted by Gasteiger charge is -2.19. The Morgan fingerprint density at radius 1 is 0.708 bits per heavy atom. The molecule has 3 rings (SSSR count). The first-order valence-electron chi connectivity index (χ1n) is 7.92. The Balaban J connectivity index is 1.77. The third-order valence-corrected chi connectivity index (χ3v) is 4.18. The normalized spacial score (nSPS) is 10.9. The molecule has 3 heteroatoms. The molecule has 0 aliphatic heterocycles. The van der Waals surface area contributed by atoms with E-state index in [2.05, 4.69) is 81.6 Å². The lowest BCUT2D eigenvalue weighted by atomic mass is 10.2. The summed E-state index contributed by atoms with van der Waals surface area (Å²) < 4.78 is 1.07. The minimum atomic E-state index is 0.781. The zero-order valence-corrected chi connectivity index (χ0v) is 14.9. The highest BCUT2D eigenvalue weighted by Gasteiger charge is 2.04. The molecule has 120 valence electrons. The fourth-order valence-electron chi connectivity index (χ4n) is 2.42. The van der Waals surface area contributed by atoms with Crippen molar-refractivity contribution in [1.82, 2.24) is 5.01 Å². The van der Waals surface area contributed by atoms with E-state index < -0.39 is 0 Å². The van der Waals surface area contributed by atoms with E-state index in [4.69, 9.17) is 5.10 Å². The van der Waals surface area contributed by atoms with Gasteiger partial charge in [-0.2, -0.15) is 5.10 Å². The Morgan fingerprint density at radius 3 is 1.71 bits per heavy atom. The highest BCUT2D eigenvalue weighted by Crippen LogP contribution is 2.12. The molecule has 0 aliphatic carbocycles. The molecule has 0 saturated heterocycles. The van der Waals surface area contributed by atoms with Crippen LogP contribution in [0.25, 0.3) is 0 Å². The zero-order chi connectivity index (χ0) is 16.6. The van der Waals surface area contributed by atoms with Crippen LogP contribution in [-0.2, 0) is 13.1 Å². The van der Waals surface area contributed by atoms with Gasteiger partial charge in [-0.1, -0.05) is 88.7 Å². The molecule has 24 heavy (non-hydrogen) atoms. The van der Waals surface area contributed by atoms with E-state index in [0.717, 1.165) is 23.1 Å². The van der Waals surface area contributed by atoms with Crippen molar-refractivity contribution >= 4 is 22.1 Å². The molecule has 0 N–H and O–H groups in total. The van der Waals surface area contributed by atoms with Crippen LogP contribution in [0.1, 0.15) is 16.7 Å². The van der Waals surface area contributed by atoms with Crippen LogP contribution in [0.2, 0.25) is 0 Å². The van der Waals surface area contributed by atoms with Crippen LogP contribution in [0.5, 0.6) is 0 Å². The lowest BCUT2D eigenvalue weighted by Crippen LogP contribution is -2.17. The largest absolute Gasteiger partial charge is 0.288 e. The maximum atomic E-state index is 4.71. The number of rotatable bonds is 6. The SMILES string of the molecule is Brc1ccc(/C=N/N(Cc2ccccc2)Cc2ccccc2)cc1. The first-order valence-corrected chi connectivity index (χ1v) is 8.71. The van der Waals surface area contributed by atoms with Crippen molar-refractivity contribution in [2.45, 2.75) is 13.1 Å². The standard InChI is InChI=1S/C21H19BrN2/c22-21-13-11-18(12-14-21)15-23-24(16-19-7-3-1-4-8-19)17-20-9-5-2-6-10-20/h1-15H,16-17H2/b23-15+. The molecular weight excluding hydrogens is 360 g/mol. The Morgan fingerprint density at radius 2 is 1.21 bits per heavy atom. The maximum Gasteiger partial charge on any atom is 0.0614 e. The second-order valence-electron chi connectivity index (χ2n) is 5.59. The van der Waals surface area contributed by atoms with Crippen molar-refractivity contribution in [2.24, 2.45) is 5.10 Å². The quantitative estimate of drug-likeness (QED) is 0.409. The van der Waals surface area contributed by atoms with Crippen molar-refractivity contribution in [2.75, 3.05) is 0 Å². The predicted molar refractivity (Wildman–Crippen MR) is 104 cm³/mol. The van der Waals surface area contributed by atoms with E-state index in [0.29, 0.717) is 0 Å². The van der Waals surface area contributed by atoms with E-state index in [1.165, 1.54) is 11.1 Å². The van der Waals surface area contributed by atoms with E-state index in [-0.39, 0.29) is 0 Å². The number of hydrazone groups is 1. The summed E-state index contributed by atoms with van der Waals surface area (Å²) in [5.74, 6) is 0. The van der Waals surface area contributed by atoms with Crippen LogP contribution >= 0.6 is 15.9 Å². The summed E-state index contributed by atoms with van der Waals surface area (Å²) in [4.78, 5) is 0. The summed E-state index contributed by atoms with van der Waals surface area (Å²) in [7, 11) is 0. The van der Waals surface area contributed by atoms with Gasteiger partial charge in [0.1, 0.15) is 0 Å². The van der Waals surface area contributed by atoms with Gasteiger partial charge >= 0.3 is 0 Å². The van der Waals surface area contributed by atoms with Gasteiger partial charge in [0.05, 0.1) is 19.3 Å². The molecule has 0 unspecified atom stereocenters. The van der Waals surface area contributed by atoms with Gasteiger partial charge in [0.2, 0.25) is 0 Å². The van der Waals surface area contributed by atoms with Crippen LogP contribution < -0.4 is 0 Å². The summed E-state index contributed by atoms with van der Waals surface area (Å²) >= 11 is 3.46. The smallest absolute Gasteiger partial charge is 0.0614 e. The second kappa shape index (κ2) is 8.46. The van der Waals surface area contributed by atoms with Crippen LogP contribution in [0.4, 0.5) is 0 Å². The Labute approximate surface area is 151 Å². The van der Waals surface area contributed by atoms with Gasteiger partial charge in [0.25, 0.3) is 0 Å². The van der Waals surface area contributed by atoms with Crippen LogP contribution in [0, 0.1) is 0 Å². The molecule has 3 aromatic rings. The molecule has 0 amide bonds. The molecule has 0 fully saturated rings. The predicted octanol–water partition coefficient (Wildman–Crippen LogP) is 5.49. The van der Waals surface area contributed by atoms with Gasteiger partial charge in [-0.25, -0.2) is 0 Å². The summed E-state index contributed by atoms with van der Waals surface area (Å²) in [6.07, 6.45) is 1.92. The molecule has 0 spiro atoms. The number of hydrogen-bond acceptors (Lipinski definition) is 2. The maximum absolute atomic E-state index is 4.71. The van der Waals surface area contributed by atoms with E-state index in [9.17, 15) is 0 Å². The fraction of sp³-hybridized carbons (Fsp3) is 0.0952. The Kier molecular flexibility index (Phi) is 5.80. The van der Waals surface area contributed by atoms with Gasteiger partial charge in [-0.15, -0.1) is 0 Å². The monoisotopic (exact) mass is 378 g/mol. The second-order valence-corrected chi connectivity index (χ2v) is 6.51. The minimum Gasteiger partial charge on any atom is -0.288 e. The van der Waals surface area contributed by atoms with Crippen molar-refractivity contribution in [3.63, 3.8) is 0 Å². The van der Waals surface area contributed by atoms with Crippen molar-refractivity contribution < 1.29 is 0 Å². The van der Waals surface area contributed by atoms with Crippen molar-refractivity contribution in [3.05, 3.63) is 106 Å². The van der Waals surface area contributed by atoms with Gasteiger partial charge in [-0.3, -0.25) is 5.01 Å². The number of benzene rings is 3. The van der Waals surface area contributed by atoms with Gasteiger partial charge < -0.3 is 0 Å². The molecule has 2 nitrogen and oxygen atoms in total. The average molecular weight is 379 g/mol. The topological polar surface area (TPSA) is 15.6 Å². The van der Waals surface area contributed by atoms with Gasteiger partial charge in [0, 0.05) is 4.47 Å². The fourth-order valence-corrected chi connectivity index (χ4v) is 2.69. The first kappa shape index (κ1) is 16.5. The molecule has 0 aliphatic rings.